The molecule has 31 heavy (non-hydrogen) atoms. The number of ether oxygens (including phenoxy) is 2. The Bertz CT molecular complexity index is 571. The van der Waals surface area contributed by atoms with Gasteiger partial charge in [0.1, 0.15) is 0 Å². The van der Waals surface area contributed by atoms with Crippen molar-refractivity contribution in [3.63, 3.8) is 0 Å². The Morgan fingerprint density at radius 2 is 1.23 bits per heavy atom. The Hall–Kier alpha value is -1.07. The van der Waals surface area contributed by atoms with Gasteiger partial charge in [0.25, 0.3) is 0 Å². The van der Waals surface area contributed by atoms with Gasteiger partial charge in [-0.3, -0.25) is 0 Å². The Morgan fingerprint density at radius 3 is 1.71 bits per heavy atom. The highest BCUT2D eigenvalue weighted by molar-refractivity contribution is 5.19. The molecule has 0 radical (unpaired) electrons. The van der Waals surface area contributed by atoms with Crippen LogP contribution >= 0.6 is 0 Å². The predicted octanol–water partition coefficient (Wildman–Crippen LogP) is 8.36. The first-order valence-corrected chi connectivity index (χ1v) is 12.2. The normalized spacial score (nSPS) is 13.0. The zero-order valence-corrected chi connectivity index (χ0v) is 20.1. The topological polar surface area (TPSA) is 18.5 Å². The minimum absolute atomic E-state index is 0.360. The van der Waals surface area contributed by atoms with Crippen LogP contribution < -0.4 is 0 Å². The maximum Gasteiger partial charge on any atom is 0.194 e. The number of benzene rings is 1. The quantitative estimate of drug-likeness (QED) is 0.129. The first-order chi connectivity index (χ1) is 14.9. The summed E-state index contributed by atoms with van der Waals surface area (Å²) in [6.07, 6.45) is 15.1. The Labute approximate surface area is 187 Å². The molecule has 1 rings (SSSR count). The van der Waals surface area contributed by atoms with Crippen LogP contribution in [0.25, 0.3) is 0 Å². The second-order valence-electron chi connectivity index (χ2n) is 8.65. The van der Waals surface area contributed by atoms with Crippen LogP contribution in [0.1, 0.15) is 103 Å². The molecule has 2 nitrogen and oxygen atoms in total. The monoisotopic (exact) mass is 444 g/mol. The largest absolute Gasteiger partial charge is 0.353 e. The lowest BCUT2D eigenvalue weighted by Crippen LogP contribution is -2.41. The van der Waals surface area contributed by atoms with E-state index in [9.17, 15) is 13.2 Å². The van der Waals surface area contributed by atoms with Crippen LogP contribution in [0.4, 0.5) is 13.2 Å². The summed E-state index contributed by atoms with van der Waals surface area (Å²) in [5.41, 5.74) is 0.515. The highest BCUT2D eigenvalue weighted by atomic mass is 19.2. The van der Waals surface area contributed by atoms with Crippen LogP contribution in [0.2, 0.25) is 0 Å². The third-order valence-electron chi connectivity index (χ3n) is 6.52. The van der Waals surface area contributed by atoms with E-state index in [2.05, 4.69) is 13.8 Å². The molecule has 0 heterocycles. The minimum Gasteiger partial charge on any atom is -0.353 e. The fourth-order valence-electron chi connectivity index (χ4n) is 4.58. The molecule has 0 aliphatic carbocycles. The van der Waals surface area contributed by atoms with Gasteiger partial charge >= 0.3 is 0 Å². The van der Waals surface area contributed by atoms with E-state index in [0.717, 1.165) is 57.1 Å². The van der Waals surface area contributed by atoms with E-state index in [0.29, 0.717) is 17.9 Å². The first-order valence-electron chi connectivity index (χ1n) is 12.2. The summed E-state index contributed by atoms with van der Waals surface area (Å²) in [6.45, 7) is 4.35. The molecule has 5 heteroatoms. The van der Waals surface area contributed by atoms with Gasteiger partial charge < -0.3 is 9.47 Å². The average Bonchev–Trinajstić information content (AvgIpc) is 2.77. The summed E-state index contributed by atoms with van der Waals surface area (Å²) in [4.78, 5) is 0. The number of unbranched alkanes of at least 4 members (excludes halogenated alkanes) is 8. The van der Waals surface area contributed by atoms with Crippen molar-refractivity contribution in [2.24, 2.45) is 5.92 Å². The van der Waals surface area contributed by atoms with Crippen LogP contribution in [0.3, 0.4) is 0 Å². The number of halogens is 3. The van der Waals surface area contributed by atoms with Crippen molar-refractivity contribution in [3.8, 4) is 0 Å². The van der Waals surface area contributed by atoms with Gasteiger partial charge in [0.15, 0.2) is 23.2 Å². The van der Waals surface area contributed by atoms with E-state index in [1.54, 1.807) is 14.2 Å². The first kappa shape index (κ1) is 28.0. The lowest BCUT2D eigenvalue weighted by Gasteiger charge is -2.38. The molecule has 1 aromatic carbocycles. The van der Waals surface area contributed by atoms with Gasteiger partial charge in [-0.2, -0.15) is 0 Å². The van der Waals surface area contributed by atoms with Crippen molar-refractivity contribution in [1.29, 1.82) is 0 Å². The Balaban J connectivity index is 2.43. The summed E-state index contributed by atoms with van der Waals surface area (Å²) in [6, 6.07) is 2.20. The van der Waals surface area contributed by atoms with Gasteiger partial charge in [-0.15, -0.1) is 0 Å². The number of rotatable bonds is 18. The zero-order valence-electron chi connectivity index (χ0n) is 20.1. The third-order valence-corrected chi connectivity index (χ3v) is 6.52. The second kappa shape index (κ2) is 15.7. The molecular weight excluding hydrogens is 401 g/mol. The molecule has 0 saturated heterocycles. The van der Waals surface area contributed by atoms with Crippen LogP contribution in [0.15, 0.2) is 12.1 Å². The molecule has 0 saturated carbocycles. The second-order valence-corrected chi connectivity index (χ2v) is 8.65. The van der Waals surface area contributed by atoms with Crippen molar-refractivity contribution in [2.75, 3.05) is 14.2 Å². The lowest BCUT2D eigenvalue weighted by molar-refractivity contribution is -0.244. The molecule has 180 valence electrons. The highest BCUT2D eigenvalue weighted by Gasteiger charge is 2.36. The smallest absolute Gasteiger partial charge is 0.194 e. The van der Waals surface area contributed by atoms with Crippen molar-refractivity contribution >= 4 is 0 Å². The SMILES string of the molecule is CCCCCCCCC(CCCCCCc1cc(F)c(F)c(F)c1)C(CC)(OC)OC. The number of hydrogen-bond acceptors (Lipinski definition) is 2. The van der Waals surface area contributed by atoms with Crippen LogP contribution in [-0.2, 0) is 15.9 Å². The highest BCUT2D eigenvalue weighted by Crippen LogP contribution is 2.35. The molecule has 0 bridgehead atoms. The summed E-state index contributed by atoms with van der Waals surface area (Å²) in [5, 5.41) is 0. The van der Waals surface area contributed by atoms with Gasteiger partial charge in [-0.05, 0) is 49.8 Å². The van der Waals surface area contributed by atoms with E-state index in [4.69, 9.17) is 9.47 Å². The molecule has 0 aliphatic rings. The Kier molecular flexibility index (Phi) is 14.1. The molecule has 0 amide bonds. The molecule has 0 aliphatic heterocycles. The summed E-state index contributed by atoms with van der Waals surface area (Å²) in [7, 11) is 3.48. The molecule has 0 N–H and O–H groups in total. The van der Waals surface area contributed by atoms with E-state index < -0.39 is 23.2 Å². The molecule has 1 unspecified atom stereocenters. The van der Waals surface area contributed by atoms with Crippen molar-refractivity contribution in [2.45, 2.75) is 110 Å². The number of methoxy groups -OCH3 is 2. The van der Waals surface area contributed by atoms with Crippen LogP contribution in [0.5, 0.6) is 0 Å². The van der Waals surface area contributed by atoms with Gasteiger partial charge in [-0.1, -0.05) is 71.6 Å². The molecular formula is C26H43F3O2. The number of hydrogen-bond donors (Lipinski definition) is 0. The zero-order chi connectivity index (χ0) is 23.1. The van der Waals surface area contributed by atoms with Crippen LogP contribution in [0, 0.1) is 23.4 Å². The number of aryl methyl sites for hydroxylation is 1. The lowest BCUT2D eigenvalue weighted by atomic mass is 9.85. The maximum atomic E-state index is 13.3. The fraction of sp³-hybridized carbons (Fsp3) is 0.769. The summed E-state index contributed by atoms with van der Waals surface area (Å²) in [5.74, 6) is -3.77. The Morgan fingerprint density at radius 1 is 0.742 bits per heavy atom. The average molecular weight is 445 g/mol. The van der Waals surface area contributed by atoms with E-state index >= 15 is 0 Å². The van der Waals surface area contributed by atoms with Gasteiger partial charge in [-0.25, -0.2) is 13.2 Å². The van der Waals surface area contributed by atoms with E-state index in [1.807, 2.05) is 0 Å². The minimum atomic E-state index is -1.39. The van der Waals surface area contributed by atoms with Gasteiger partial charge in [0, 0.05) is 20.1 Å². The van der Waals surface area contributed by atoms with Crippen molar-refractivity contribution in [3.05, 3.63) is 35.1 Å². The van der Waals surface area contributed by atoms with Gasteiger partial charge in [0.05, 0.1) is 0 Å². The third kappa shape index (κ3) is 9.53. The summed E-state index contributed by atoms with van der Waals surface area (Å²) >= 11 is 0. The van der Waals surface area contributed by atoms with E-state index in [1.165, 1.54) is 38.5 Å². The van der Waals surface area contributed by atoms with Crippen molar-refractivity contribution < 1.29 is 22.6 Å². The molecule has 1 atom stereocenters. The molecule has 0 fully saturated rings. The van der Waals surface area contributed by atoms with Gasteiger partial charge in [0.2, 0.25) is 0 Å². The standard InChI is InChI=1S/C26H43F3O2/c1-5-7-8-9-10-14-17-22(26(6-2,30-3)31-4)18-15-12-11-13-16-21-19-23(27)25(29)24(28)20-21/h19-20,22H,5-18H2,1-4H3. The molecule has 0 spiro atoms. The molecule has 1 aromatic rings. The predicted molar refractivity (Wildman–Crippen MR) is 122 cm³/mol. The van der Waals surface area contributed by atoms with Crippen molar-refractivity contribution in [1.82, 2.24) is 0 Å². The maximum absolute atomic E-state index is 13.3. The van der Waals surface area contributed by atoms with Crippen LogP contribution in [-0.4, -0.2) is 20.0 Å². The fourth-order valence-corrected chi connectivity index (χ4v) is 4.58. The molecule has 0 aromatic heterocycles. The van der Waals surface area contributed by atoms with E-state index in [-0.39, 0.29) is 0 Å². The summed E-state index contributed by atoms with van der Waals surface area (Å²) < 4.78 is 51.4.